The SMILES string of the molecule is CC(=O)NC(C)(C)C(=O)NCc1ccccc1CN1CCCCCC1. The van der Waals surface area contributed by atoms with Crippen molar-refractivity contribution in [2.24, 2.45) is 0 Å². The van der Waals surface area contributed by atoms with E-state index < -0.39 is 5.54 Å². The first-order chi connectivity index (χ1) is 11.9. The van der Waals surface area contributed by atoms with Gasteiger partial charge in [-0.1, -0.05) is 37.1 Å². The lowest BCUT2D eigenvalue weighted by molar-refractivity contribution is -0.131. The molecule has 1 aromatic carbocycles. The van der Waals surface area contributed by atoms with Crippen LogP contribution in [0.25, 0.3) is 0 Å². The van der Waals surface area contributed by atoms with Gasteiger partial charge in [0.1, 0.15) is 5.54 Å². The van der Waals surface area contributed by atoms with Gasteiger partial charge in [-0.2, -0.15) is 0 Å². The van der Waals surface area contributed by atoms with E-state index in [4.69, 9.17) is 0 Å². The van der Waals surface area contributed by atoms with Crippen molar-refractivity contribution in [2.45, 2.75) is 65.1 Å². The molecule has 5 heteroatoms. The monoisotopic (exact) mass is 345 g/mol. The zero-order chi connectivity index (χ0) is 18.3. The maximum absolute atomic E-state index is 12.4. The van der Waals surface area contributed by atoms with Gasteiger partial charge in [0, 0.05) is 20.0 Å². The van der Waals surface area contributed by atoms with Gasteiger partial charge in [0.15, 0.2) is 0 Å². The second-order valence-corrected chi connectivity index (χ2v) is 7.45. The van der Waals surface area contributed by atoms with Crippen LogP contribution in [0.2, 0.25) is 0 Å². The van der Waals surface area contributed by atoms with Crippen LogP contribution in [0.3, 0.4) is 0 Å². The van der Waals surface area contributed by atoms with Crippen LogP contribution < -0.4 is 10.6 Å². The number of amides is 2. The highest BCUT2D eigenvalue weighted by Gasteiger charge is 2.28. The predicted octanol–water partition coefficient (Wildman–Crippen LogP) is 2.59. The fourth-order valence-electron chi connectivity index (χ4n) is 3.31. The van der Waals surface area contributed by atoms with Crippen molar-refractivity contribution in [1.29, 1.82) is 0 Å². The third kappa shape index (κ3) is 6.16. The van der Waals surface area contributed by atoms with E-state index in [9.17, 15) is 9.59 Å². The van der Waals surface area contributed by atoms with Crippen molar-refractivity contribution in [3.63, 3.8) is 0 Å². The first-order valence-corrected chi connectivity index (χ1v) is 9.24. The highest BCUT2D eigenvalue weighted by molar-refractivity contribution is 5.90. The van der Waals surface area contributed by atoms with Gasteiger partial charge in [-0.3, -0.25) is 14.5 Å². The lowest BCUT2D eigenvalue weighted by Gasteiger charge is -2.25. The standard InChI is InChI=1S/C20H31N3O2/c1-16(24)22-20(2,3)19(25)21-14-17-10-6-7-11-18(17)15-23-12-8-4-5-9-13-23/h6-7,10-11H,4-5,8-9,12-15H2,1-3H3,(H,21,25)(H,22,24). The Kier molecular flexibility index (Phi) is 7.00. The molecule has 1 fully saturated rings. The number of carbonyl (C=O) groups is 2. The van der Waals surface area contributed by atoms with Crippen molar-refractivity contribution >= 4 is 11.8 Å². The molecule has 2 N–H and O–H groups in total. The number of nitrogens with zero attached hydrogens (tertiary/aromatic N) is 1. The van der Waals surface area contributed by atoms with Crippen LogP contribution in [0.15, 0.2) is 24.3 Å². The molecule has 5 nitrogen and oxygen atoms in total. The molecule has 0 atom stereocenters. The van der Waals surface area contributed by atoms with Crippen molar-refractivity contribution in [3.8, 4) is 0 Å². The fourth-order valence-corrected chi connectivity index (χ4v) is 3.31. The van der Waals surface area contributed by atoms with Gasteiger partial charge < -0.3 is 10.6 Å². The van der Waals surface area contributed by atoms with E-state index in [2.05, 4.69) is 33.7 Å². The molecular formula is C20H31N3O2. The normalized spacial score (nSPS) is 16.1. The molecule has 1 aliphatic heterocycles. The first-order valence-electron chi connectivity index (χ1n) is 9.24. The molecule has 1 aromatic rings. The zero-order valence-electron chi connectivity index (χ0n) is 15.7. The smallest absolute Gasteiger partial charge is 0.245 e. The van der Waals surface area contributed by atoms with Gasteiger partial charge in [-0.25, -0.2) is 0 Å². The molecule has 0 saturated carbocycles. The second kappa shape index (κ2) is 8.99. The maximum Gasteiger partial charge on any atom is 0.245 e. The van der Waals surface area contributed by atoms with Gasteiger partial charge in [0.05, 0.1) is 0 Å². The van der Waals surface area contributed by atoms with Crippen LogP contribution in [0, 0.1) is 0 Å². The van der Waals surface area contributed by atoms with Gasteiger partial charge in [0.25, 0.3) is 0 Å². The van der Waals surface area contributed by atoms with Gasteiger partial charge in [-0.05, 0) is 50.9 Å². The Bertz CT molecular complexity index is 590. The molecule has 1 heterocycles. The van der Waals surface area contributed by atoms with Crippen LogP contribution in [-0.4, -0.2) is 35.3 Å². The molecule has 1 saturated heterocycles. The molecule has 0 bridgehead atoms. The van der Waals surface area contributed by atoms with Crippen LogP contribution in [-0.2, 0) is 22.7 Å². The van der Waals surface area contributed by atoms with Crippen LogP contribution in [0.4, 0.5) is 0 Å². The lowest BCUT2D eigenvalue weighted by Crippen LogP contribution is -2.54. The third-order valence-electron chi connectivity index (χ3n) is 4.71. The molecule has 1 aliphatic rings. The summed E-state index contributed by atoms with van der Waals surface area (Å²) >= 11 is 0. The first kappa shape index (κ1) is 19.4. The summed E-state index contributed by atoms with van der Waals surface area (Å²) in [5.74, 6) is -0.381. The average molecular weight is 345 g/mol. The number of likely N-dealkylation sites (tertiary alicyclic amines) is 1. The largest absolute Gasteiger partial charge is 0.350 e. The Balaban J connectivity index is 1.98. The minimum Gasteiger partial charge on any atom is -0.350 e. The van der Waals surface area contributed by atoms with Crippen molar-refractivity contribution in [3.05, 3.63) is 35.4 Å². The molecule has 0 aromatic heterocycles. The summed E-state index contributed by atoms with van der Waals surface area (Å²) in [6.45, 7) is 8.56. The average Bonchev–Trinajstić information content (AvgIpc) is 2.81. The lowest BCUT2D eigenvalue weighted by atomic mass is 10.0. The van der Waals surface area contributed by atoms with Crippen molar-refractivity contribution in [2.75, 3.05) is 13.1 Å². The van der Waals surface area contributed by atoms with E-state index in [1.54, 1.807) is 13.8 Å². The molecule has 0 aliphatic carbocycles. The number of carbonyl (C=O) groups excluding carboxylic acids is 2. The zero-order valence-corrected chi connectivity index (χ0v) is 15.7. The summed E-state index contributed by atoms with van der Waals surface area (Å²) < 4.78 is 0. The van der Waals surface area contributed by atoms with E-state index in [1.165, 1.54) is 38.2 Å². The molecule has 0 unspecified atom stereocenters. The van der Waals surface area contributed by atoms with E-state index >= 15 is 0 Å². The quantitative estimate of drug-likeness (QED) is 0.833. The van der Waals surface area contributed by atoms with Crippen LogP contribution in [0.5, 0.6) is 0 Å². The van der Waals surface area contributed by atoms with Crippen molar-refractivity contribution < 1.29 is 9.59 Å². The number of hydrogen-bond acceptors (Lipinski definition) is 3. The highest BCUT2D eigenvalue weighted by Crippen LogP contribution is 2.16. The molecule has 0 spiro atoms. The summed E-state index contributed by atoms with van der Waals surface area (Å²) in [4.78, 5) is 26.1. The molecule has 2 rings (SSSR count). The third-order valence-corrected chi connectivity index (χ3v) is 4.71. The van der Waals surface area contributed by atoms with Gasteiger partial charge in [0.2, 0.25) is 11.8 Å². The van der Waals surface area contributed by atoms with Gasteiger partial charge >= 0.3 is 0 Å². The molecule has 25 heavy (non-hydrogen) atoms. The van der Waals surface area contributed by atoms with E-state index in [-0.39, 0.29) is 11.8 Å². The molecular weight excluding hydrogens is 314 g/mol. The number of nitrogens with one attached hydrogen (secondary N) is 2. The topological polar surface area (TPSA) is 61.4 Å². The minimum absolute atomic E-state index is 0.174. The highest BCUT2D eigenvalue weighted by atomic mass is 16.2. The Hall–Kier alpha value is -1.88. The molecule has 0 radical (unpaired) electrons. The Morgan fingerprint density at radius 3 is 2.24 bits per heavy atom. The summed E-state index contributed by atoms with van der Waals surface area (Å²) in [5, 5.41) is 5.65. The number of hydrogen-bond donors (Lipinski definition) is 2. The van der Waals surface area contributed by atoms with E-state index in [0.29, 0.717) is 6.54 Å². The second-order valence-electron chi connectivity index (χ2n) is 7.45. The number of rotatable bonds is 6. The predicted molar refractivity (Wildman–Crippen MR) is 99.9 cm³/mol. The summed E-state index contributed by atoms with van der Waals surface area (Å²) in [5.41, 5.74) is 1.49. The van der Waals surface area contributed by atoms with Gasteiger partial charge in [-0.15, -0.1) is 0 Å². The summed E-state index contributed by atoms with van der Waals surface area (Å²) in [6.07, 6.45) is 5.19. The molecule has 2 amide bonds. The Labute approximate surface area is 151 Å². The summed E-state index contributed by atoms with van der Waals surface area (Å²) in [6, 6.07) is 8.27. The fraction of sp³-hybridized carbons (Fsp3) is 0.600. The Morgan fingerprint density at radius 1 is 1.04 bits per heavy atom. The summed E-state index contributed by atoms with van der Waals surface area (Å²) in [7, 11) is 0. The minimum atomic E-state index is -0.911. The molecule has 138 valence electrons. The number of benzene rings is 1. The Morgan fingerprint density at radius 2 is 1.64 bits per heavy atom. The van der Waals surface area contributed by atoms with Crippen molar-refractivity contribution in [1.82, 2.24) is 15.5 Å². The maximum atomic E-state index is 12.4. The van der Waals surface area contributed by atoms with Crippen LogP contribution >= 0.6 is 0 Å². The van der Waals surface area contributed by atoms with E-state index in [1.807, 2.05) is 6.07 Å². The van der Waals surface area contributed by atoms with Crippen LogP contribution in [0.1, 0.15) is 57.6 Å². The van der Waals surface area contributed by atoms with E-state index in [0.717, 1.165) is 25.2 Å².